The Balaban J connectivity index is 1.50. The van der Waals surface area contributed by atoms with Gasteiger partial charge >= 0.3 is 5.69 Å². The number of nitrogens with one attached hydrogen (secondary N) is 2. The molecule has 0 saturated heterocycles. The Morgan fingerprint density at radius 2 is 1.89 bits per heavy atom. The fourth-order valence-electron chi connectivity index (χ4n) is 2.92. The van der Waals surface area contributed by atoms with Gasteiger partial charge in [0.15, 0.2) is 11.5 Å². The van der Waals surface area contributed by atoms with Crippen molar-refractivity contribution in [3.63, 3.8) is 0 Å². The van der Waals surface area contributed by atoms with E-state index in [2.05, 4.69) is 9.71 Å². The number of H-pyrrole nitrogens is 1. The molecule has 2 heterocycles. The second-order valence-electron chi connectivity index (χ2n) is 5.95. The Morgan fingerprint density at radius 1 is 1.11 bits per heavy atom. The number of halogens is 1. The molecule has 1 aliphatic heterocycles. The van der Waals surface area contributed by atoms with Gasteiger partial charge in [0.25, 0.3) is 0 Å². The normalized spacial score (nSPS) is 13.8. The van der Waals surface area contributed by atoms with E-state index in [9.17, 15) is 17.6 Å². The molecule has 0 spiro atoms. The topological polar surface area (TPSA) is 102 Å². The van der Waals surface area contributed by atoms with Crippen molar-refractivity contribution in [3.05, 3.63) is 52.7 Å². The molecule has 0 bridgehead atoms. The van der Waals surface area contributed by atoms with Crippen LogP contribution in [0.4, 0.5) is 4.39 Å². The van der Waals surface area contributed by atoms with Gasteiger partial charge in [0.1, 0.15) is 19.0 Å². The third-order valence-corrected chi connectivity index (χ3v) is 5.65. The molecule has 142 valence electrons. The molecule has 1 aliphatic rings. The molecular weight excluding hydrogens is 377 g/mol. The number of rotatable bonds is 5. The summed E-state index contributed by atoms with van der Waals surface area (Å²) in [6.07, 6.45) is 0. The molecule has 0 amide bonds. The van der Waals surface area contributed by atoms with Crippen molar-refractivity contribution in [1.29, 1.82) is 0 Å². The van der Waals surface area contributed by atoms with E-state index in [1.54, 1.807) is 6.07 Å². The first-order valence-corrected chi connectivity index (χ1v) is 9.70. The van der Waals surface area contributed by atoms with Crippen LogP contribution in [0.15, 0.2) is 46.1 Å². The highest BCUT2D eigenvalue weighted by atomic mass is 32.2. The SMILES string of the molecule is O=c1[nH]c2cc(F)ccc2n1CCNS(=O)(=O)c1ccc2c(c1)OCCO2. The molecule has 0 atom stereocenters. The number of sulfonamides is 1. The number of imidazole rings is 1. The summed E-state index contributed by atoms with van der Waals surface area (Å²) in [5, 5.41) is 0. The predicted octanol–water partition coefficient (Wildman–Crippen LogP) is 1.22. The minimum atomic E-state index is -3.79. The van der Waals surface area contributed by atoms with E-state index < -0.39 is 21.5 Å². The first kappa shape index (κ1) is 17.6. The summed E-state index contributed by atoms with van der Waals surface area (Å²) in [7, 11) is -3.79. The van der Waals surface area contributed by atoms with Crippen molar-refractivity contribution in [2.45, 2.75) is 11.4 Å². The van der Waals surface area contributed by atoms with Crippen LogP contribution in [0.25, 0.3) is 11.0 Å². The largest absolute Gasteiger partial charge is 0.486 e. The zero-order valence-electron chi connectivity index (χ0n) is 14.1. The highest BCUT2D eigenvalue weighted by Crippen LogP contribution is 2.32. The van der Waals surface area contributed by atoms with E-state index >= 15 is 0 Å². The van der Waals surface area contributed by atoms with Crippen molar-refractivity contribution >= 4 is 21.1 Å². The van der Waals surface area contributed by atoms with Gasteiger partial charge in [-0.2, -0.15) is 0 Å². The molecule has 3 aromatic rings. The van der Waals surface area contributed by atoms with E-state index in [-0.39, 0.29) is 18.0 Å². The summed E-state index contributed by atoms with van der Waals surface area (Å²) in [6.45, 7) is 0.851. The Kier molecular flexibility index (Phi) is 4.36. The van der Waals surface area contributed by atoms with Gasteiger partial charge < -0.3 is 14.5 Å². The fraction of sp³-hybridized carbons (Fsp3) is 0.235. The van der Waals surface area contributed by atoms with Gasteiger partial charge in [0, 0.05) is 19.2 Å². The van der Waals surface area contributed by atoms with E-state index in [4.69, 9.17) is 9.47 Å². The molecule has 10 heteroatoms. The van der Waals surface area contributed by atoms with Gasteiger partial charge in [-0.1, -0.05) is 0 Å². The lowest BCUT2D eigenvalue weighted by atomic mass is 10.3. The molecule has 0 saturated carbocycles. The number of ether oxygens (including phenoxy) is 2. The highest BCUT2D eigenvalue weighted by molar-refractivity contribution is 7.89. The summed E-state index contributed by atoms with van der Waals surface area (Å²) in [5.74, 6) is 0.409. The highest BCUT2D eigenvalue weighted by Gasteiger charge is 2.19. The van der Waals surface area contributed by atoms with Crippen molar-refractivity contribution in [2.24, 2.45) is 0 Å². The fourth-order valence-corrected chi connectivity index (χ4v) is 3.96. The van der Waals surface area contributed by atoms with Gasteiger partial charge in [-0.05, 0) is 30.3 Å². The minimum absolute atomic E-state index is 0.0129. The van der Waals surface area contributed by atoms with Crippen LogP contribution < -0.4 is 19.9 Å². The van der Waals surface area contributed by atoms with E-state index in [1.807, 2.05) is 0 Å². The number of hydrogen-bond donors (Lipinski definition) is 2. The van der Waals surface area contributed by atoms with Gasteiger partial charge in [-0.3, -0.25) is 4.57 Å². The number of nitrogens with zero attached hydrogens (tertiary/aromatic N) is 1. The second kappa shape index (κ2) is 6.71. The number of hydrogen-bond acceptors (Lipinski definition) is 5. The maximum Gasteiger partial charge on any atom is 0.326 e. The summed E-state index contributed by atoms with van der Waals surface area (Å²) >= 11 is 0. The average Bonchev–Trinajstić information content (AvgIpc) is 2.95. The Labute approximate surface area is 153 Å². The van der Waals surface area contributed by atoms with Crippen LogP contribution in [0.5, 0.6) is 11.5 Å². The van der Waals surface area contributed by atoms with E-state index in [0.717, 1.165) is 0 Å². The van der Waals surface area contributed by atoms with Gasteiger partial charge in [0.2, 0.25) is 10.0 Å². The van der Waals surface area contributed by atoms with Crippen molar-refractivity contribution in [2.75, 3.05) is 19.8 Å². The van der Waals surface area contributed by atoms with Crippen LogP contribution in [0, 0.1) is 5.82 Å². The van der Waals surface area contributed by atoms with Crippen LogP contribution in [-0.2, 0) is 16.6 Å². The lowest BCUT2D eigenvalue weighted by molar-refractivity contribution is 0.171. The van der Waals surface area contributed by atoms with Gasteiger partial charge in [-0.15, -0.1) is 0 Å². The standard InChI is InChI=1S/C17H16FN3O5S/c18-11-1-3-14-13(9-11)20-17(22)21(14)6-5-19-27(23,24)12-2-4-15-16(10-12)26-8-7-25-15/h1-4,9-10,19H,5-8H2,(H,20,22). The zero-order valence-corrected chi connectivity index (χ0v) is 14.9. The third kappa shape index (κ3) is 3.40. The Bertz CT molecular complexity index is 1170. The number of aromatic nitrogens is 2. The first-order chi connectivity index (χ1) is 12.9. The molecule has 27 heavy (non-hydrogen) atoms. The number of benzene rings is 2. The Morgan fingerprint density at radius 3 is 2.70 bits per heavy atom. The molecule has 0 aliphatic carbocycles. The molecule has 8 nitrogen and oxygen atoms in total. The van der Waals surface area contributed by atoms with Crippen LogP contribution in [0.1, 0.15) is 0 Å². The van der Waals surface area contributed by atoms with Crippen molar-refractivity contribution in [3.8, 4) is 11.5 Å². The quantitative estimate of drug-likeness (QED) is 0.679. The predicted molar refractivity (Wildman–Crippen MR) is 95.1 cm³/mol. The Hall–Kier alpha value is -2.85. The zero-order chi connectivity index (χ0) is 19.0. The van der Waals surface area contributed by atoms with Crippen LogP contribution in [0.2, 0.25) is 0 Å². The lowest BCUT2D eigenvalue weighted by Gasteiger charge is -2.19. The van der Waals surface area contributed by atoms with Crippen molar-refractivity contribution in [1.82, 2.24) is 14.3 Å². The van der Waals surface area contributed by atoms with E-state index in [0.29, 0.717) is 35.7 Å². The van der Waals surface area contributed by atoms with Crippen LogP contribution in [0.3, 0.4) is 0 Å². The van der Waals surface area contributed by atoms with E-state index in [1.165, 1.54) is 34.9 Å². The maximum absolute atomic E-state index is 13.3. The molecule has 4 rings (SSSR count). The van der Waals surface area contributed by atoms with Crippen molar-refractivity contribution < 1.29 is 22.3 Å². The third-order valence-electron chi connectivity index (χ3n) is 4.19. The molecule has 1 aromatic heterocycles. The summed E-state index contributed by atoms with van der Waals surface area (Å²) in [6, 6.07) is 8.30. The minimum Gasteiger partial charge on any atom is -0.486 e. The number of aromatic amines is 1. The van der Waals surface area contributed by atoms with Gasteiger partial charge in [0.05, 0.1) is 15.9 Å². The van der Waals surface area contributed by atoms with Crippen LogP contribution >= 0.6 is 0 Å². The summed E-state index contributed by atoms with van der Waals surface area (Å²) in [5.41, 5.74) is 0.420. The molecule has 0 radical (unpaired) electrons. The summed E-state index contributed by atoms with van der Waals surface area (Å²) in [4.78, 5) is 14.6. The molecule has 2 aromatic carbocycles. The first-order valence-electron chi connectivity index (χ1n) is 8.21. The molecule has 0 unspecified atom stereocenters. The lowest BCUT2D eigenvalue weighted by Crippen LogP contribution is -2.30. The summed E-state index contributed by atoms with van der Waals surface area (Å²) < 4.78 is 52.8. The average molecular weight is 393 g/mol. The van der Waals surface area contributed by atoms with Gasteiger partial charge in [-0.25, -0.2) is 22.3 Å². The molecular formula is C17H16FN3O5S. The van der Waals surface area contributed by atoms with Crippen LogP contribution in [-0.4, -0.2) is 37.7 Å². The molecule has 0 fully saturated rings. The maximum atomic E-state index is 13.3. The monoisotopic (exact) mass is 393 g/mol. The molecule has 2 N–H and O–H groups in total. The smallest absolute Gasteiger partial charge is 0.326 e. The number of fused-ring (bicyclic) bond motifs is 2. The second-order valence-corrected chi connectivity index (χ2v) is 7.71.